The number of carbonyl (C=O) groups excluding carboxylic acids is 1. The number of nitrogens with zero attached hydrogens (tertiary/aromatic N) is 2. The second-order valence-electron chi connectivity index (χ2n) is 4.31. The lowest BCUT2D eigenvalue weighted by Crippen LogP contribution is -2.13. The van der Waals surface area contributed by atoms with E-state index in [1.165, 1.54) is 11.8 Å². The summed E-state index contributed by atoms with van der Waals surface area (Å²) in [5.74, 6) is 1.05. The Morgan fingerprint density at radius 2 is 2.20 bits per heavy atom. The van der Waals surface area contributed by atoms with Gasteiger partial charge in [-0.2, -0.15) is 0 Å². The fraction of sp³-hybridized carbons (Fsp3) is 0.308. The highest BCUT2D eigenvalue weighted by Crippen LogP contribution is 2.19. The molecule has 6 nitrogen and oxygen atoms in total. The number of nitrogen functional groups attached to an aromatic ring is 1. The summed E-state index contributed by atoms with van der Waals surface area (Å²) in [6.45, 7) is 3.63. The van der Waals surface area contributed by atoms with Crippen molar-refractivity contribution >= 4 is 29.0 Å². The largest absolute Gasteiger partial charge is 0.416 e. The number of benzene rings is 1. The Labute approximate surface area is 121 Å². The molecule has 0 spiro atoms. The third kappa shape index (κ3) is 3.99. The van der Waals surface area contributed by atoms with Crippen LogP contribution in [0.2, 0.25) is 0 Å². The molecular formula is C13H16N4O2S. The van der Waals surface area contributed by atoms with Gasteiger partial charge in [-0.05, 0) is 30.7 Å². The summed E-state index contributed by atoms with van der Waals surface area (Å²) in [4.78, 5) is 11.8. The van der Waals surface area contributed by atoms with Gasteiger partial charge < -0.3 is 15.5 Å². The first-order valence-corrected chi connectivity index (χ1v) is 7.12. The third-order valence-electron chi connectivity index (χ3n) is 2.59. The van der Waals surface area contributed by atoms with E-state index in [1.807, 2.05) is 13.0 Å². The predicted octanol–water partition coefficient (Wildman–Crippen LogP) is 2.39. The Hall–Kier alpha value is -2.02. The highest BCUT2D eigenvalue weighted by molar-refractivity contribution is 7.99. The first-order valence-electron chi connectivity index (χ1n) is 6.13. The van der Waals surface area contributed by atoms with E-state index in [2.05, 4.69) is 15.5 Å². The molecule has 1 aromatic heterocycles. The van der Waals surface area contributed by atoms with Crippen LogP contribution in [0.4, 0.5) is 11.4 Å². The minimum Gasteiger partial charge on any atom is -0.416 e. The fourth-order valence-corrected chi connectivity index (χ4v) is 2.35. The van der Waals surface area contributed by atoms with Gasteiger partial charge in [0.15, 0.2) is 0 Å². The molecule has 2 rings (SSSR count). The normalized spacial score (nSPS) is 10.5. The van der Waals surface area contributed by atoms with E-state index in [0.29, 0.717) is 29.0 Å². The lowest BCUT2D eigenvalue weighted by Gasteiger charge is -2.08. The van der Waals surface area contributed by atoms with Crippen molar-refractivity contribution < 1.29 is 9.21 Å². The summed E-state index contributed by atoms with van der Waals surface area (Å²) in [5, 5.41) is 10.9. The Balaban J connectivity index is 1.80. The SMILES string of the molecule is Cc1nnc(SCCC(=O)Nc2ccc(N)cc2C)o1. The number of nitrogens with one attached hydrogen (secondary N) is 1. The second-order valence-corrected chi connectivity index (χ2v) is 5.35. The van der Waals surface area contributed by atoms with Gasteiger partial charge >= 0.3 is 0 Å². The van der Waals surface area contributed by atoms with Crippen molar-refractivity contribution in [2.24, 2.45) is 0 Å². The number of hydrogen-bond acceptors (Lipinski definition) is 6. The van der Waals surface area contributed by atoms with E-state index < -0.39 is 0 Å². The third-order valence-corrected chi connectivity index (χ3v) is 3.41. The molecule has 0 saturated carbocycles. The highest BCUT2D eigenvalue weighted by atomic mass is 32.2. The zero-order chi connectivity index (χ0) is 14.5. The average molecular weight is 292 g/mol. The van der Waals surface area contributed by atoms with Crippen LogP contribution in [0.3, 0.4) is 0 Å². The molecule has 1 aromatic carbocycles. The van der Waals surface area contributed by atoms with Gasteiger partial charge in [-0.15, -0.1) is 10.2 Å². The van der Waals surface area contributed by atoms with E-state index in [0.717, 1.165) is 11.3 Å². The number of amides is 1. The number of rotatable bonds is 5. The molecule has 0 radical (unpaired) electrons. The van der Waals surface area contributed by atoms with Crippen LogP contribution in [0.25, 0.3) is 0 Å². The fourth-order valence-electron chi connectivity index (χ4n) is 1.61. The summed E-state index contributed by atoms with van der Waals surface area (Å²) < 4.78 is 5.21. The number of aryl methyl sites for hydroxylation is 2. The molecule has 3 N–H and O–H groups in total. The molecule has 0 bridgehead atoms. The monoisotopic (exact) mass is 292 g/mol. The van der Waals surface area contributed by atoms with Crippen molar-refractivity contribution in [3.8, 4) is 0 Å². The second kappa shape index (κ2) is 6.42. The van der Waals surface area contributed by atoms with Gasteiger partial charge in [-0.1, -0.05) is 11.8 Å². The maximum atomic E-state index is 11.8. The van der Waals surface area contributed by atoms with Crippen LogP contribution >= 0.6 is 11.8 Å². The van der Waals surface area contributed by atoms with Crippen LogP contribution in [-0.2, 0) is 4.79 Å². The van der Waals surface area contributed by atoms with Gasteiger partial charge in [0, 0.05) is 30.5 Å². The van der Waals surface area contributed by atoms with Crippen molar-refractivity contribution in [3.05, 3.63) is 29.7 Å². The lowest BCUT2D eigenvalue weighted by molar-refractivity contribution is -0.115. The van der Waals surface area contributed by atoms with Crippen LogP contribution in [-0.4, -0.2) is 21.9 Å². The molecule has 0 aliphatic rings. The minimum atomic E-state index is -0.0541. The van der Waals surface area contributed by atoms with Gasteiger partial charge in [0.05, 0.1) is 0 Å². The summed E-state index contributed by atoms with van der Waals surface area (Å²) in [6, 6.07) is 5.39. The number of aromatic nitrogens is 2. The number of anilines is 2. The molecule has 2 aromatic rings. The molecule has 0 unspecified atom stereocenters. The zero-order valence-corrected chi connectivity index (χ0v) is 12.2. The Morgan fingerprint density at radius 1 is 1.40 bits per heavy atom. The molecule has 0 aliphatic carbocycles. The first kappa shape index (κ1) is 14.4. The molecule has 106 valence electrons. The van der Waals surface area contributed by atoms with E-state index in [4.69, 9.17) is 10.2 Å². The molecule has 0 saturated heterocycles. The molecule has 0 fully saturated rings. The van der Waals surface area contributed by atoms with Crippen molar-refractivity contribution in [1.82, 2.24) is 10.2 Å². The number of nitrogens with two attached hydrogens (primary N) is 1. The van der Waals surface area contributed by atoms with Crippen LogP contribution in [0.5, 0.6) is 0 Å². The molecule has 0 atom stereocenters. The first-order chi connectivity index (χ1) is 9.54. The molecule has 20 heavy (non-hydrogen) atoms. The molecular weight excluding hydrogens is 276 g/mol. The maximum Gasteiger partial charge on any atom is 0.276 e. The average Bonchev–Trinajstić information content (AvgIpc) is 2.79. The topological polar surface area (TPSA) is 94.0 Å². The van der Waals surface area contributed by atoms with Crippen molar-refractivity contribution in [2.75, 3.05) is 16.8 Å². The quantitative estimate of drug-likeness (QED) is 0.649. The van der Waals surface area contributed by atoms with E-state index >= 15 is 0 Å². The van der Waals surface area contributed by atoms with Crippen LogP contribution in [0, 0.1) is 13.8 Å². The minimum absolute atomic E-state index is 0.0541. The number of carbonyl (C=O) groups is 1. The van der Waals surface area contributed by atoms with Gasteiger partial charge in [0.25, 0.3) is 5.22 Å². The highest BCUT2D eigenvalue weighted by Gasteiger charge is 2.07. The van der Waals surface area contributed by atoms with Gasteiger partial charge in [-0.25, -0.2) is 0 Å². The molecule has 0 aliphatic heterocycles. The van der Waals surface area contributed by atoms with Crippen molar-refractivity contribution in [2.45, 2.75) is 25.5 Å². The lowest BCUT2D eigenvalue weighted by atomic mass is 10.2. The standard InChI is InChI=1S/C13H16N4O2S/c1-8-7-10(14)3-4-11(8)15-12(18)5-6-20-13-17-16-9(2)19-13/h3-4,7H,5-6,14H2,1-2H3,(H,15,18). The van der Waals surface area contributed by atoms with E-state index in [-0.39, 0.29) is 5.91 Å². The Kier molecular flexibility index (Phi) is 4.62. The van der Waals surface area contributed by atoms with E-state index in [9.17, 15) is 4.79 Å². The van der Waals surface area contributed by atoms with E-state index in [1.54, 1.807) is 19.1 Å². The van der Waals surface area contributed by atoms with Crippen LogP contribution < -0.4 is 11.1 Å². The summed E-state index contributed by atoms with van der Waals surface area (Å²) in [6.07, 6.45) is 0.371. The predicted molar refractivity (Wildman–Crippen MR) is 78.6 cm³/mol. The van der Waals surface area contributed by atoms with Gasteiger partial charge in [-0.3, -0.25) is 4.79 Å². The number of hydrogen-bond donors (Lipinski definition) is 2. The smallest absolute Gasteiger partial charge is 0.276 e. The van der Waals surface area contributed by atoms with Crippen molar-refractivity contribution in [1.29, 1.82) is 0 Å². The molecule has 7 heteroatoms. The zero-order valence-electron chi connectivity index (χ0n) is 11.3. The van der Waals surface area contributed by atoms with Crippen LogP contribution in [0.15, 0.2) is 27.8 Å². The Bertz CT molecular complexity index is 612. The summed E-state index contributed by atoms with van der Waals surface area (Å²) >= 11 is 1.37. The maximum absolute atomic E-state index is 11.8. The Morgan fingerprint density at radius 3 is 2.85 bits per heavy atom. The number of thioether (sulfide) groups is 1. The van der Waals surface area contributed by atoms with Crippen molar-refractivity contribution in [3.63, 3.8) is 0 Å². The molecule has 1 heterocycles. The summed E-state index contributed by atoms with van der Waals surface area (Å²) in [7, 11) is 0. The summed E-state index contributed by atoms with van der Waals surface area (Å²) in [5.41, 5.74) is 8.07. The van der Waals surface area contributed by atoms with Gasteiger partial charge in [0.1, 0.15) is 0 Å². The molecule has 1 amide bonds. The van der Waals surface area contributed by atoms with Gasteiger partial charge in [0.2, 0.25) is 11.8 Å². The van der Waals surface area contributed by atoms with Crippen LogP contribution in [0.1, 0.15) is 17.9 Å².